The highest BCUT2D eigenvalue weighted by Crippen LogP contribution is 2.39. The van der Waals surface area contributed by atoms with Crippen molar-refractivity contribution in [3.63, 3.8) is 0 Å². The summed E-state index contributed by atoms with van der Waals surface area (Å²) in [6, 6.07) is 32.5. The fraction of sp³-hybridized carbons (Fsp3) is 0.156. The minimum atomic E-state index is -0.0852. The van der Waals surface area contributed by atoms with E-state index in [1.807, 2.05) is 0 Å². The number of hydrogen-bond donors (Lipinski definition) is 0. The van der Waals surface area contributed by atoms with Crippen molar-refractivity contribution in [1.82, 2.24) is 0 Å². The molecule has 166 valence electrons. The van der Waals surface area contributed by atoms with Gasteiger partial charge in [0.1, 0.15) is 18.2 Å². The molecule has 0 aliphatic heterocycles. The van der Waals surface area contributed by atoms with Gasteiger partial charge in [-0.2, -0.15) is 0 Å². The quantitative estimate of drug-likeness (QED) is 0.255. The van der Waals surface area contributed by atoms with Crippen LogP contribution in [0, 0.1) is 6.92 Å². The molecule has 0 bridgehead atoms. The number of fused-ring (bicyclic) bond motifs is 4. The first-order chi connectivity index (χ1) is 16.4. The molecule has 2 nitrogen and oxygen atoms in total. The second-order valence-electron chi connectivity index (χ2n) is 9.84. The summed E-state index contributed by atoms with van der Waals surface area (Å²) in [5, 5.41) is 4.76. The van der Waals surface area contributed by atoms with Gasteiger partial charge in [-0.1, -0.05) is 80.6 Å². The highest BCUT2D eigenvalue weighted by atomic mass is 16.3. The third-order valence-corrected chi connectivity index (χ3v) is 7.32. The summed E-state index contributed by atoms with van der Waals surface area (Å²) in [7, 11) is 2.13. The van der Waals surface area contributed by atoms with Crippen molar-refractivity contribution in [2.45, 2.75) is 26.2 Å². The minimum Gasteiger partial charge on any atom is -0.455 e. The lowest BCUT2D eigenvalue weighted by atomic mass is 9.79. The standard InChI is InChI=1S/C32H28NO/c1-21-14-16-26-27-18-22-10-8-9-11-23(22)19-29(27)34-31(26)30(21)28-17-15-25(20-33(28)4)32(2,3)24-12-6-5-7-13-24/h5-20H,1-4H3/q+1. The summed E-state index contributed by atoms with van der Waals surface area (Å²) in [5.74, 6) is 0. The monoisotopic (exact) mass is 442 g/mol. The Morgan fingerprint density at radius 3 is 2.15 bits per heavy atom. The topological polar surface area (TPSA) is 17.0 Å². The Morgan fingerprint density at radius 1 is 0.706 bits per heavy atom. The molecule has 0 amide bonds. The number of aromatic nitrogens is 1. The van der Waals surface area contributed by atoms with Gasteiger partial charge in [-0.15, -0.1) is 0 Å². The molecule has 0 saturated carbocycles. The molecular formula is C32H28NO+. The van der Waals surface area contributed by atoms with Crippen LogP contribution in [-0.4, -0.2) is 0 Å². The molecule has 4 aromatic carbocycles. The van der Waals surface area contributed by atoms with Crippen LogP contribution in [0.4, 0.5) is 0 Å². The molecule has 2 heterocycles. The third-order valence-electron chi connectivity index (χ3n) is 7.32. The van der Waals surface area contributed by atoms with Crippen molar-refractivity contribution in [1.29, 1.82) is 0 Å². The SMILES string of the molecule is Cc1ccc2c(oc3cc4ccccc4cc32)c1-c1ccc(C(C)(C)c2ccccc2)c[n+]1C. The van der Waals surface area contributed by atoms with E-state index in [0.29, 0.717) is 0 Å². The van der Waals surface area contributed by atoms with Gasteiger partial charge in [0.05, 0.1) is 5.56 Å². The fourth-order valence-electron chi connectivity index (χ4n) is 5.20. The van der Waals surface area contributed by atoms with Gasteiger partial charge in [0, 0.05) is 27.8 Å². The van der Waals surface area contributed by atoms with Crippen LogP contribution in [0.3, 0.4) is 0 Å². The molecule has 2 aromatic heterocycles. The van der Waals surface area contributed by atoms with Gasteiger partial charge in [0.15, 0.2) is 6.20 Å². The fourth-order valence-corrected chi connectivity index (χ4v) is 5.20. The largest absolute Gasteiger partial charge is 0.455 e. The van der Waals surface area contributed by atoms with Crippen molar-refractivity contribution in [3.8, 4) is 11.3 Å². The normalized spacial score (nSPS) is 12.1. The van der Waals surface area contributed by atoms with Gasteiger partial charge >= 0.3 is 0 Å². The van der Waals surface area contributed by atoms with E-state index < -0.39 is 0 Å². The smallest absolute Gasteiger partial charge is 0.216 e. The summed E-state index contributed by atoms with van der Waals surface area (Å²) in [4.78, 5) is 0. The van der Waals surface area contributed by atoms with Crippen LogP contribution < -0.4 is 4.57 Å². The van der Waals surface area contributed by atoms with Gasteiger partial charge in [-0.25, -0.2) is 4.57 Å². The molecule has 6 rings (SSSR count). The summed E-state index contributed by atoms with van der Waals surface area (Å²) in [6.45, 7) is 6.74. The Balaban J connectivity index is 1.55. The first kappa shape index (κ1) is 20.7. The Hall–Kier alpha value is -3.91. The molecular weight excluding hydrogens is 414 g/mol. The zero-order chi connectivity index (χ0) is 23.4. The number of nitrogens with zero attached hydrogens (tertiary/aromatic N) is 1. The molecule has 0 saturated heterocycles. The molecule has 2 heteroatoms. The van der Waals surface area contributed by atoms with Crippen LogP contribution in [0.2, 0.25) is 0 Å². The Labute approximate surface area is 200 Å². The molecule has 0 atom stereocenters. The van der Waals surface area contributed by atoms with E-state index in [4.69, 9.17) is 4.42 Å². The van der Waals surface area contributed by atoms with Crippen molar-refractivity contribution >= 4 is 32.7 Å². The van der Waals surface area contributed by atoms with Gasteiger partial charge in [-0.3, -0.25) is 0 Å². The predicted molar refractivity (Wildman–Crippen MR) is 141 cm³/mol. The summed E-state index contributed by atoms with van der Waals surface area (Å²) in [5.41, 5.74) is 7.92. The lowest BCUT2D eigenvalue weighted by Gasteiger charge is -2.25. The van der Waals surface area contributed by atoms with Crippen molar-refractivity contribution < 1.29 is 8.98 Å². The van der Waals surface area contributed by atoms with Crippen molar-refractivity contribution in [2.75, 3.05) is 0 Å². The van der Waals surface area contributed by atoms with E-state index >= 15 is 0 Å². The molecule has 0 fully saturated rings. The molecule has 0 unspecified atom stereocenters. The Morgan fingerprint density at radius 2 is 1.41 bits per heavy atom. The predicted octanol–water partition coefficient (Wildman–Crippen LogP) is 7.87. The molecule has 0 spiro atoms. The van der Waals surface area contributed by atoms with E-state index in [9.17, 15) is 0 Å². The average molecular weight is 443 g/mol. The summed E-state index contributed by atoms with van der Waals surface area (Å²) < 4.78 is 8.78. The highest BCUT2D eigenvalue weighted by molar-refractivity contribution is 6.13. The number of hydrogen-bond acceptors (Lipinski definition) is 1. The highest BCUT2D eigenvalue weighted by Gasteiger charge is 2.27. The maximum Gasteiger partial charge on any atom is 0.216 e. The number of pyridine rings is 1. The first-order valence-electron chi connectivity index (χ1n) is 11.8. The van der Waals surface area contributed by atoms with E-state index in [1.165, 1.54) is 32.8 Å². The van der Waals surface area contributed by atoms with Gasteiger partial charge in [0.25, 0.3) is 0 Å². The zero-order valence-electron chi connectivity index (χ0n) is 20.1. The summed E-state index contributed by atoms with van der Waals surface area (Å²) >= 11 is 0. The van der Waals surface area contributed by atoms with Gasteiger partial charge in [0.2, 0.25) is 5.69 Å². The van der Waals surface area contributed by atoms with E-state index in [1.54, 1.807) is 0 Å². The molecule has 0 aliphatic carbocycles. The molecule has 0 N–H and O–H groups in total. The Kier molecular flexibility index (Phi) is 4.60. The van der Waals surface area contributed by atoms with Gasteiger partial charge < -0.3 is 4.42 Å². The third kappa shape index (κ3) is 3.13. The number of rotatable bonds is 3. The molecule has 6 aromatic rings. The average Bonchev–Trinajstić information content (AvgIpc) is 3.20. The van der Waals surface area contributed by atoms with Gasteiger partial charge in [-0.05, 0) is 47.0 Å². The minimum absolute atomic E-state index is 0.0852. The van der Waals surface area contributed by atoms with Crippen LogP contribution in [-0.2, 0) is 12.5 Å². The Bertz CT molecular complexity index is 1690. The number of benzene rings is 4. The second kappa shape index (κ2) is 7.56. The lowest BCUT2D eigenvalue weighted by molar-refractivity contribution is -0.660. The second-order valence-corrected chi connectivity index (χ2v) is 9.84. The van der Waals surface area contributed by atoms with Crippen molar-refractivity contribution in [2.24, 2.45) is 7.05 Å². The molecule has 0 radical (unpaired) electrons. The van der Waals surface area contributed by atoms with Crippen LogP contribution in [0.1, 0.15) is 30.5 Å². The molecule has 0 aliphatic rings. The number of furan rings is 1. The maximum absolute atomic E-state index is 6.54. The summed E-state index contributed by atoms with van der Waals surface area (Å²) in [6.07, 6.45) is 2.26. The van der Waals surface area contributed by atoms with E-state index in [2.05, 4.69) is 130 Å². The van der Waals surface area contributed by atoms with Crippen molar-refractivity contribution in [3.05, 3.63) is 114 Å². The van der Waals surface area contributed by atoms with Crippen LogP contribution in [0.25, 0.3) is 44.0 Å². The zero-order valence-corrected chi connectivity index (χ0v) is 20.1. The van der Waals surface area contributed by atoms with E-state index in [0.717, 1.165) is 27.8 Å². The maximum atomic E-state index is 6.54. The van der Waals surface area contributed by atoms with Crippen LogP contribution >= 0.6 is 0 Å². The molecule has 34 heavy (non-hydrogen) atoms. The number of aryl methyl sites for hydroxylation is 2. The van der Waals surface area contributed by atoms with E-state index in [-0.39, 0.29) is 5.41 Å². The first-order valence-corrected chi connectivity index (χ1v) is 11.8. The van der Waals surface area contributed by atoms with Crippen LogP contribution in [0.5, 0.6) is 0 Å². The van der Waals surface area contributed by atoms with Crippen LogP contribution in [0.15, 0.2) is 102 Å². The lowest BCUT2D eigenvalue weighted by Crippen LogP contribution is -2.34.